The number of aromatic nitrogens is 2. The molecule has 1 aliphatic rings. The minimum atomic E-state index is 0.215. The number of ether oxygens (including phenoxy) is 1. The van der Waals surface area contributed by atoms with Crippen LogP contribution in [0.2, 0.25) is 0 Å². The smallest absolute Gasteiger partial charge is 0.147 e. The fourth-order valence-electron chi connectivity index (χ4n) is 2.64. The molecule has 2 aromatic rings. The molecule has 5 nitrogen and oxygen atoms in total. The van der Waals surface area contributed by atoms with Gasteiger partial charge >= 0.3 is 0 Å². The quantitative estimate of drug-likeness (QED) is 0.920. The van der Waals surface area contributed by atoms with Gasteiger partial charge in [0, 0.05) is 25.5 Å². The third-order valence-electron chi connectivity index (χ3n) is 3.38. The van der Waals surface area contributed by atoms with Crippen LogP contribution in [0.15, 0.2) is 24.5 Å². The lowest BCUT2D eigenvalue weighted by Gasteiger charge is -2.36. The maximum Gasteiger partial charge on any atom is 0.147 e. The van der Waals surface area contributed by atoms with E-state index in [0.717, 1.165) is 29.2 Å². The summed E-state index contributed by atoms with van der Waals surface area (Å²) in [5, 5.41) is 1.12. The topological polar surface area (TPSA) is 64.3 Å². The highest BCUT2D eigenvalue weighted by molar-refractivity contribution is 7.11. The lowest BCUT2D eigenvalue weighted by molar-refractivity contribution is -0.00497. The third-order valence-corrected chi connectivity index (χ3v) is 4.30. The van der Waals surface area contributed by atoms with Crippen LogP contribution in [0.4, 0.5) is 10.8 Å². The maximum atomic E-state index is 6.07. The maximum absolute atomic E-state index is 6.07. The van der Waals surface area contributed by atoms with Crippen molar-refractivity contribution in [2.75, 3.05) is 23.7 Å². The fraction of sp³-hybridized carbons (Fsp3) is 0.429. The molecule has 0 aromatic carbocycles. The molecule has 0 aliphatic carbocycles. The minimum Gasteiger partial charge on any atom is -0.382 e. The van der Waals surface area contributed by atoms with Gasteiger partial charge in [0.1, 0.15) is 10.8 Å². The molecule has 2 aromatic heterocycles. The van der Waals surface area contributed by atoms with Gasteiger partial charge in [0.05, 0.1) is 17.8 Å². The minimum absolute atomic E-state index is 0.215. The van der Waals surface area contributed by atoms with Crippen molar-refractivity contribution in [3.8, 4) is 11.1 Å². The van der Waals surface area contributed by atoms with Crippen LogP contribution in [-0.2, 0) is 4.74 Å². The molecule has 0 spiro atoms. The molecule has 0 bridgehead atoms. The van der Waals surface area contributed by atoms with Crippen molar-refractivity contribution in [2.45, 2.75) is 26.1 Å². The average Bonchev–Trinajstić information content (AvgIpc) is 2.80. The van der Waals surface area contributed by atoms with Crippen molar-refractivity contribution in [1.29, 1.82) is 0 Å². The van der Waals surface area contributed by atoms with Gasteiger partial charge in [-0.05, 0) is 43.1 Å². The Morgan fingerprint density at radius 2 is 1.90 bits per heavy atom. The molecule has 3 rings (SSSR count). The van der Waals surface area contributed by atoms with Gasteiger partial charge in [0.15, 0.2) is 0 Å². The monoisotopic (exact) mass is 290 g/mol. The van der Waals surface area contributed by atoms with Gasteiger partial charge in [-0.1, -0.05) is 0 Å². The second-order valence-electron chi connectivity index (χ2n) is 5.15. The predicted octanol–water partition coefficient (Wildman–Crippen LogP) is 2.40. The van der Waals surface area contributed by atoms with Crippen molar-refractivity contribution in [2.24, 2.45) is 0 Å². The first kappa shape index (κ1) is 13.3. The molecule has 3 heterocycles. The van der Waals surface area contributed by atoms with E-state index in [4.69, 9.17) is 10.5 Å². The Bertz CT molecular complexity index is 576. The van der Waals surface area contributed by atoms with Crippen molar-refractivity contribution in [3.05, 3.63) is 24.5 Å². The molecule has 0 amide bonds. The highest BCUT2D eigenvalue weighted by Gasteiger charge is 2.27. The number of anilines is 2. The second kappa shape index (κ2) is 5.38. The highest BCUT2D eigenvalue weighted by atomic mass is 32.1. The van der Waals surface area contributed by atoms with Crippen LogP contribution in [0.3, 0.4) is 0 Å². The molecule has 1 fully saturated rings. The van der Waals surface area contributed by atoms with E-state index in [2.05, 4.69) is 28.1 Å². The van der Waals surface area contributed by atoms with E-state index in [0.29, 0.717) is 5.82 Å². The van der Waals surface area contributed by atoms with E-state index < -0.39 is 0 Å². The summed E-state index contributed by atoms with van der Waals surface area (Å²) >= 11 is 1.46. The van der Waals surface area contributed by atoms with E-state index >= 15 is 0 Å². The molecular weight excluding hydrogens is 272 g/mol. The molecule has 20 heavy (non-hydrogen) atoms. The number of nitrogens with two attached hydrogens (primary N) is 1. The van der Waals surface area contributed by atoms with E-state index in [1.165, 1.54) is 11.5 Å². The first-order valence-corrected chi connectivity index (χ1v) is 7.48. The van der Waals surface area contributed by atoms with Crippen molar-refractivity contribution in [3.63, 3.8) is 0 Å². The fourth-order valence-corrected chi connectivity index (χ4v) is 3.50. The normalized spacial score (nSPS) is 23.0. The zero-order valence-electron chi connectivity index (χ0n) is 11.6. The summed E-state index contributed by atoms with van der Waals surface area (Å²) in [5.41, 5.74) is 8.15. The Morgan fingerprint density at radius 1 is 1.25 bits per heavy atom. The summed E-state index contributed by atoms with van der Waals surface area (Å²) in [6, 6.07) is 3.94. The van der Waals surface area contributed by atoms with E-state index in [-0.39, 0.29) is 12.2 Å². The van der Waals surface area contributed by atoms with Gasteiger partial charge in [-0.3, -0.25) is 4.98 Å². The Labute approximate surface area is 122 Å². The zero-order valence-corrected chi connectivity index (χ0v) is 12.4. The number of morpholine rings is 1. The standard InChI is InChI=1S/C14H18N4OS/c1-9-7-18(8-10(2)19-9)14-12(13(15)17-20-14)11-3-5-16-6-4-11/h3-6,9-10H,7-8H2,1-2H3,(H2,15,17)/t9-,10+. The van der Waals surface area contributed by atoms with Crippen molar-refractivity contribution >= 4 is 22.4 Å². The second-order valence-corrected chi connectivity index (χ2v) is 5.90. The molecule has 106 valence electrons. The number of nitrogen functional groups attached to an aromatic ring is 1. The molecule has 0 saturated carbocycles. The van der Waals surface area contributed by atoms with Crippen LogP contribution in [0.1, 0.15) is 13.8 Å². The summed E-state index contributed by atoms with van der Waals surface area (Å²) in [6.45, 7) is 5.92. The lowest BCUT2D eigenvalue weighted by atomic mass is 10.1. The number of hydrogen-bond donors (Lipinski definition) is 1. The molecule has 0 unspecified atom stereocenters. The van der Waals surface area contributed by atoms with Crippen molar-refractivity contribution < 1.29 is 4.74 Å². The largest absolute Gasteiger partial charge is 0.382 e. The Kier molecular flexibility index (Phi) is 3.58. The number of rotatable bonds is 2. The SMILES string of the molecule is C[C@@H]1CN(c2snc(N)c2-c2ccncc2)C[C@H](C)O1. The van der Waals surface area contributed by atoms with Crippen LogP contribution in [-0.4, -0.2) is 34.7 Å². The highest BCUT2D eigenvalue weighted by Crippen LogP contribution is 2.39. The van der Waals surface area contributed by atoms with Gasteiger partial charge in [0.2, 0.25) is 0 Å². The predicted molar refractivity (Wildman–Crippen MR) is 82.0 cm³/mol. The van der Waals surface area contributed by atoms with Gasteiger partial charge in [-0.25, -0.2) is 0 Å². The molecule has 2 atom stereocenters. The summed E-state index contributed by atoms with van der Waals surface area (Å²) in [4.78, 5) is 6.38. The molecule has 1 saturated heterocycles. The molecule has 2 N–H and O–H groups in total. The zero-order chi connectivity index (χ0) is 14.1. The number of hydrogen-bond acceptors (Lipinski definition) is 6. The third kappa shape index (κ3) is 2.48. The first-order valence-electron chi connectivity index (χ1n) is 6.71. The van der Waals surface area contributed by atoms with Crippen LogP contribution in [0.25, 0.3) is 11.1 Å². The van der Waals surface area contributed by atoms with Crippen LogP contribution >= 0.6 is 11.5 Å². The number of pyridine rings is 1. The van der Waals surface area contributed by atoms with Crippen LogP contribution in [0, 0.1) is 0 Å². The lowest BCUT2D eigenvalue weighted by Crippen LogP contribution is -2.45. The van der Waals surface area contributed by atoms with Gasteiger partial charge in [-0.15, -0.1) is 0 Å². The van der Waals surface area contributed by atoms with Crippen LogP contribution < -0.4 is 10.6 Å². The van der Waals surface area contributed by atoms with Crippen LogP contribution in [0.5, 0.6) is 0 Å². The number of nitrogens with zero attached hydrogens (tertiary/aromatic N) is 3. The summed E-state index contributed by atoms with van der Waals surface area (Å²) in [7, 11) is 0. The summed E-state index contributed by atoms with van der Waals surface area (Å²) < 4.78 is 10.1. The van der Waals surface area contributed by atoms with E-state index in [1.807, 2.05) is 12.1 Å². The Hall–Kier alpha value is -1.66. The molecular formula is C14H18N4OS. The molecule has 1 aliphatic heterocycles. The molecule has 0 radical (unpaired) electrons. The first-order chi connectivity index (χ1) is 9.65. The molecule has 6 heteroatoms. The summed E-state index contributed by atoms with van der Waals surface area (Å²) in [5.74, 6) is 0.586. The average molecular weight is 290 g/mol. The summed E-state index contributed by atoms with van der Waals surface area (Å²) in [6.07, 6.45) is 3.99. The van der Waals surface area contributed by atoms with Gasteiger partial charge < -0.3 is 15.4 Å². The Morgan fingerprint density at radius 3 is 2.55 bits per heavy atom. The van der Waals surface area contributed by atoms with Gasteiger partial charge in [0.25, 0.3) is 0 Å². The van der Waals surface area contributed by atoms with E-state index in [1.54, 1.807) is 12.4 Å². The Balaban J connectivity index is 1.99. The van der Waals surface area contributed by atoms with Crippen molar-refractivity contribution in [1.82, 2.24) is 9.36 Å². The van der Waals surface area contributed by atoms with Gasteiger partial charge in [-0.2, -0.15) is 4.37 Å². The van der Waals surface area contributed by atoms with E-state index in [9.17, 15) is 0 Å².